The molecule has 1 aliphatic heterocycles. The fourth-order valence-corrected chi connectivity index (χ4v) is 1.85. The first-order valence-corrected chi connectivity index (χ1v) is 5.93. The van der Waals surface area contributed by atoms with Crippen LogP contribution in [0.15, 0.2) is 0 Å². The quantitative estimate of drug-likeness (QED) is 0.860. The number of nitrogens with one attached hydrogen (secondary N) is 1. The summed E-state index contributed by atoms with van der Waals surface area (Å²) in [7, 11) is 1.49. The highest BCUT2D eigenvalue weighted by Gasteiger charge is 2.15. The van der Waals surface area contributed by atoms with E-state index in [1.807, 2.05) is 0 Å². The largest absolute Gasteiger partial charge is 0.467 e. The molecule has 0 amide bonds. The minimum absolute atomic E-state index is 0.128. The second-order valence-corrected chi connectivity index (χ2v) is 4.20. The van der Waals surface area contributed by atoms with E-state index in [0.717, 1.165) is 32.6 Å². The molecule has 1 unspecified atom stereocenters. The van der Waals surface area contributed by atoms with Gasteiger partial charge in [0.15, 0.2) is 0 Å². The molecule has 1 saturated heterocycles. The van der Waals surface area contributed by atoms with Crippen LogP contribution in [0.3, 0.4) is 0 Å². The van der Waals surface area contributed by atoms with Gasteiger partial charge in [0, 0.05) is 19.8 Å². The van der Waals surface area contributed by atoms with Crippen molar-refractivity contribution in [2.45, 2.75) is 12.8 Å². The lowest BCUT2D eigenvalue weighted by molar-refractivity contribution is 0.185. The molecule has 0 bridgehead atoms. The fraction of sp³-hybridized carbons (Fsp3) is 0.700. The molecule has 0 spiro atoms. The highest BCUT2D eigenvalue weighted by atomic mass is 35.5. The first kappa shape index (κ1) is 12.3. The predicted octanol–water partition coefficient (Wildman–Crippen LogP) is 1.37. The van der Waals surface area contributed by atoms with Crippen LogP contribution in [0.25, 0.3) is 0 Å². The van der Waals surface area contributed by atoms with Gasteiger partial charge in [-0.3, -0.25) is 0 Å². The molecule has 1 aliphatic rings. The van der Waals surface area contributed by atoms with Gasteiger partial charge < -0.3 is 14.8 Å². The minimum atomic E-state index is 0.128. The van der Waals surface area contributed by atoms with Crippen LogP contribution in [0.1, 0.15) is 12.8 Å². The molecular weight excluding hydrogens is 244 g/mol. The number of ether oxygens (including phenoxy) is 2. The van der Waals surface area contributed by atoms with E-state index < -0.39 is 0 Å². The zero-order valence-electron chi connectivity index (χ0n) is 9.65. The van der Waals surface area contributed by atoms with E-state index in [-0.39, 0.29) is 11.3 Å². The van der Waals surface area contributed by atoms with Crippen LogP contribution in [0.5, 0.6) is 6.01 Å². The summed E-state index contributed by atoms with van der Waals surface area (Å²) in [6.45, 7) is 2.51. The second kappa shape index (κ2) is 5.97. The summed E-state index contributed by atoms with van der Waals surface area (Å²) < 4.78 is 10.2. The van der Waals surface area contributed by atoms with Crippen molar-refractivity contribution in [2.24, 2.45) is 5.92 Å². The average Bonchev–Trinajstić information content (AvgIpc) is 2.81. The van der Waals surface area contributed by atoms with Gasteiger partial charge in [-0.05, 0) is 30.4 Å². The smallest absolute Gasteiger partial charge is 0.322 e. The van der Waals surface area contributed by atoms with Crippen LogP contribution in [-0.2, 0) is 4.74 Å². The Morgan fingerprint density at radius 3 is 3.06 bits per heavy atom. The molecule has 94 valence electrons. The summed E-state index contributed by atoms with van der Waals surface area (Å²) in [4.78, 5) is 11.8. The van der Waals surface area contributed by atoms with Gasteiger partial charge in [-0.15, -0.1) is 0 Å². The second-order valence-electron chi connectivity index (χ2n) is 3.86. The number of aromatic nitrogens is 3. The molecule has 17 heavy (non-hydrogen) atoms. The molecule has 2 heterocycles. The maximum atomic E-state index is 5.73. The van der Waals surface area contributed by atoms with Crippen molar-refractivity contribution in [3.8, 4) is 6.01 Å². The van der Waals surface area contributed by atoms with E-state index >= 15 is 0 Å². The monoisotopic (exact) mass is 258 g/mol. The van der Waals surface area contributed by atoms with E-state index in [1.165, 1.54) is 7.11 Å². The normalized spacial score (nSPS) is 19.3. The van der Waals surface area contributed by atoms with Crippen molar-refractivity contribution < 1.29 is 9.47 Å². The van der Waals surface area contributed by atoms with Crippen LogP contribution in [0.4, 0.5) is 5.95 Å². The molecule has 1 aromatic rings. The summed E-state index contributed by atoms with van der Waals surface area (Å²) in [6.07, 6.45) is 2.16. The van der Waals surface area contributed by atoms with Crippen molar-refractivity contribution in [2.75, 3.05) is 32.2 Å². The molecule has 0 aromatic carbocycles. The maximum absolute atomic E-state index is 5.73. The summed E-state index contributed by atoms with van der Waals surface area (Å²) in [5.41, 5.74) is 0. The predicted molar refractivity (Wildman–Crippen MR) is 63.4 cm³/mol. The van der Waals surface area contributed by atoms with Crippen molar-refractivity contribution in [1.29, 1.82) is 0 Å². The van der Waals surface area contributed by atoms with Crippen LogP contribution in [0.2, 0.25) is 5.28 Å². The van der Waals surface area contributed by atoms with Gasteiger partial charge in [-0.1, -0.05) is 0 Å². The summed E-state index contributed by atoms with van der Waals surface area (Å²) >= 11 is 5.73. The molecule has 0 saturated carbocycles. The fourth-order valence-electron chi connectivity index (χ4n) is 1.70. The maximum Gasteiger partial charge on any atom is 0.322 e. The van der Waals surface area contributed by atoms with Gasteiger partial charge in [-0.25, -0.2) is 0 Å². The van der Waals surface area contributed by atoms with Gasteiger partial charge in [0.1, 0.15) is 0 Å². The highest BCUT2D eigenvalue weighted by Crippen LogP contribution is 2.16. The molecule has 1 fully saturated rings. The van der Waals surface area contributed by atoms with Crippen molar-refractivity contribution >= 4 is 17.5 Å². The van der Waals surface area contributed by atoms with Gasteiger partial charge in [0.2, 0.25) is 11.2 Å². The zero-order chi connectivity index (χ0) is 12.1. The Morgan fingerprint density at radius 1 is 1.47 bits per heavy atom. The van der Waals surface area contributed by atoms with Crippen molar-refractivity contribution in [1.82, 2.24) is 15.0 Å². The Labute approximate surface area is 105 Å². The number of hydrogen-bond donors (Lipinski definition) is 1. The van der Waals surface area contributed by atoms with Gasteiger partial charge >= 0.3 is 6.01 Å². The van der Waals surface area contributed by atoms with Gasteiger partial charge in [0.25, 0.3) is 0 Å². The molecule has 1 atom stereocenters. The standard InChI is InChI=1S/C10H15ClN4O2/c1-16-10-14-8(11)13-9(15-10)12-4-2-7-3-5-17-6-7/h7H,2-6H2,1H3,(H,12,13,14,15). The molecule has 0 radical (unpaired) electrons. The molecule has 1 N–H and O–H groups in total. The third-order valence-corrected chi connectivity index (χ3v) is 2.80. The van der Waals surface area contributed by atoms with E-state index in [1.54, 1.807) is 0 Å². The first-order chi connectivity index (χ1) is 8.28. The molecule has 6 nitrogen and oxygen atoms in total. The summed E-state index contributed by atoms with van der Waals surface area (Å²) in [5, 5.41) is 3.23. The molecular formula is C10H15ClN4O2. The van der Waals surface area contributed by atoms with E-state index in [4.69, 9.17) is 21.1 Å². The van der Waals surface area contributed by atoms with Gasteiger partial charge in [0.05, 0.1) is 7.11 Å². The summed E-state index contributed by atoms with van der Waals surface area (Å²) in [6, 6.07) is 0.219. The third kappa shape index (κ3) is 3.67. The molecule has 0 aliphatic carbocycles. The van der Waals surface area contributed by atoms with E-state index in [2.05, 4.69) is 20.3 Å². The SMILES string of the molecule is COc1nc(Cl)nc(NCCC2CCOC2)n1. The van der Waals surface area contributed by atoms with Crippen molar-refractivity contribution in [3.05, 3.63) is 5.28 Å². The number of methoxy groups -OCH3 is 1. The number of halogens is 1. The lowest BCUT2D eigenvalue weighted by Gasteiger charge is -2.09. The van der Waals surface area contributed by atoms with Crippen LogP contribution in [-0.4, -0.2) is 41.8 Å². The minimum Gasteiger partial charge on any atom is -0.467 e. The van der Waals surface area contributed by atoms with Gasteiger partial charge in [-0.2, -0.15) is 15.0 Å². The number of anilines is 1. The Bertz CT molecular complexity index is 371. The Hall–Kier alpha value is -1.14. The first-order valence-electron chi connectivity index (χ1n) is 5.55. The van der Waals surface area contributed by atoms with Crippen LogP contribution >= 0.6 is 11.6 Å². The lowest BCUT2D eigenvalue weighted by atomic mass is 10.1. The van der Waals surface area contributed by atoms with E-state index in [0.29, 0.717) is 11.9 Å². The average molecular weight is 259 g/mol. The molecule has 1 aromatic heterocycles. The molecule has 7 heteroatoms. The Kier molecular flexibility index (Phi) is 4.33. The third-order valence-electron chi connectivity index (χ3n) is 2.63. The zero-order valence-corrected chi connectivity index (χ0v) is 10.4. The topological polar surface area (TPSA) is 69.2 Å². The number of nitrogens with zero attached hydrogens (tertiary/aromatic N) is 3. The Morgan fingerprint density at radius 2 is 2.35 bits per heavy atom. The van der Waals surface area contributed by atoms with Crippen LogP contribution in [0, 0.1) is 5.92 Å². The molecule has 2 rings (SSSR count). The van der Waals surface area contributed by atoms with Crippen molar-refractivity contribution in [3.63, 3.8) is 0 Å². The van der Waals surface area contributed by atoms with E-state index in [9.17, 15) is 0 Å². The number of rotatable bonds is 5. The summed E-state index contributed by atoms with van der Waals surface area (Å²) in [5.74, 6) is 1.07. The van der Waals surface area contributed by atoms with Crippen LogP contribution < -0.4 is 10.1 Å². The lowest BCUT2D eigenvalue weighted by Crippen LogP contribution is -2.11. The Balaban J connectivity index is 1.83. The number of hydrogen-bond acceptors (Lipinski definition) is 6. The highest BCUT2D eigenvalue weighted by molar-refractivity contribution is 6.28.